The Bertz CT molecular complexity index is 315. The van der Waals surface area contributed by atoms with E-state index in [0.717, 1.165) is 5.92 Å². The highest BCUT2D eigenvalue weighted by atomic mass is 32.1. The molecule has 0 bridgehead atoms. The summed E-state index contributed by atoms with van der Waals surface area (Å²) in [5.41, 5.74) is 1.44. The molecule has 1 fully saturated rings. The second kappa shape index (κ2) is 5.80. The summed E-state index contributed by atoms with van der Waals surface area (Å²) < 4.78 is 0. The van der Waals surface area contributed by atoms with E-state index in [9.17, 15) is 0 Å². The maximum Gasteiger partial charge on any atom is 0.0418 e. The van der Waals surface area contributed by atoms with Gasteiger partial charge in [0.25, 0.3) is 0 Å². The lowest BCUT2D eigenvalue weighted by molar-refractivity contribution is 0.323. The predicted octanol–water partition coefficient (Wildman–Crippen LogP) is 2.71. The molecule has 0 radical (unpaired) electrons. The summed E-state index contributed by atoms with van der Waals surface area (Å²) in [6.07, 6.45) is 3.99. The maximum absolute atomic E-state index is 3.50. The molecular formula is C13H22N2S. The molecule has 2 rings (SSSR count). The van der Waals surface area contributed by atoms with Crippen molar-refractivity contribution >= 4 is 11.3 Å². The van der Waals surface area contributed by atoms with Gasteiger partial charge in [-0.25, -0.2) is 0 Å². The summed E-state index contributed by atoms with van der Waals surface area (Å²) >= 11 is 1.89. The SMILES string of the molecule is CNC(CC1CCCNC1)c1sccc1C. The Kier molecular flexibility index (Phi) is 4.38. The summed E-state index contributed by atoms with van der Waals surface area (Å²) in [7, 11) is 2.08. The highest BCUT2D eigenvalue weighted by molar-refractivity contribution is 7.10. The average Bonchev–Trinajstić information content (AvgIpc) is 2.74. The van der Waals surface area contributed by atoms with E-state index in [1.165, 1.54) is 42.8 Å². The Morgan fingerprint density at radius 1 is 1.62 bits per heavy atom. The normalized spacial score (nSPS) is 23.2. The molecule has 2 heterocycles. The monoisotopic (exact) mass is 238 g/mol. The third-order valence-electron chi connectivity index (χ3n) is 3.53. The molecule has 0 saturated carbocycles. The molecule has 1 aromatic rings. The topological polar surface area (TPSA) is 24.1 Å². The Morgan fingerprint density at radius 2 is 2.50 bits per heavy atom. The van der Waals surface area contributed by atoms with Crippen LogP contribution in [0.2, 0.25) is 0 Å². The molecule has 16 heavy (non-hydrogen) atoms. The first kappa shape index (κ1) is 12.1. The van der Waals surface area contributed by atoms with E-state index in [-0.39, 0.29) is 0 Å². The van der Waals surface area contributed by atoms with Crippen molar-refractivity contribution in [3.05, 3.63) is 21.9 Å². The molecule has 1 aliphatic rings. The molecule has 0 amide bonds. The van der Waals surface area contributed by atoms with Crippen LogP contribution in [0, 0.1) is 12.8 Å². The average molecular weight is 238 g/mol. The zero-order chi connectivity index (χ0) is 11.4. The summed E-state index contributed by atoms with van der Waals surface area (Å²) in [4.78, 5) is 1.52. The fraction of sp³-hybridized carbons (Fsp3) is 0.692. The third-order valence-corrected chi connectivity index (χ3v) is 4.67. The Hall–Kier alpha value is -0.380. The molecule has 2 atom stereocenters. The third kappa shape index (κ3) is 2.84. The molecule has 3 heteroatoms. The van der Waals surface area contributed by atoms with Gasteiger partial charge >= 0.3 is 0 Å². The predicted molar refractivity (Wildman–Crippen MR) is 71.1 cm³/mol. The maximum atomic E-state index is 3.50. The van der Waals surface area contributed by atoms with Crippen molar-refractivity contribution in [1.29, 1.82) is 0 Å². The van der Waals surface area contributed by atoms with Crippen molar-refractivity contribution in [2.24, 2.45) is 5.92 Å². The van der Waals surface area contributed by atoms with E-state index in [1.807, 2.05) is 11.3 Å². The number of aryl methyl sites for hydroxylation is 1. The molecule has 90 valence electrons. The van der Waals surface area contributed by atoms with Gasteiger partial charge in [-0.05, 0) is 69.3 Å². The Morgan fingerprint density at radius 3 is 3.06 bits per heavy atom. The molecule has 0 aromatic carbocycles. The second-order valence-corrected chi connectivity index (χ2v) is 5.70. The fourth-order valence-electron chi connectivity index (χ4n) is 2.56. The number of piperidine rings is 1. The van der Waals surface area contributed by atoms with Crippen LogP contribution in [0.3, 0.4) is 0 Å². The van der Waals surface area contributed by atoms with Crippen LogP contribution in [0.25, 0.3) is 0 Å². The van der Waals surface area contributed by atoms with Gasteiger partial charge in [0.05, 0.1) is 0 Å². The van der Waals surface area contributed by atoms with E-state index in [2.05, 4.69) is 36.1 Å². The molecule has 2 unspecified atom stereocenters. The van der Waals surface area contributed by atoms with Gasteiger partial charge in [-0.15, -0.1) is 11.3 Å². The summed E-state index contributed by atoms with van der Waals surface area (Å²) in [5.74, 6) is 0.840. The van der Waals surface area contributed by atoms with Gasteiger partial charge < -0.3 is 10.6 Å². The van der Waals surface area contributed by atoms with Crippen molar-refractivity contribution < 1.29 is 0 Å². The highest BCUT2D eigenvalue weighted by Crippen LogP contribution is 2.30. The second-order valence-electron chi connectivity index (χ2n) is 4.76. The number of nitrogens with one attached hydrogen (secondary N) is 2. The minimum Gasteiger partial charge on any atom is -0.316 e. The van der Waals surface area contributed by atoms with E-state index in [1.54, 1.807) is 0 Å². The van der Waals surface area contributed by atoms with Crippen LogP contribution < -0.4 is 10.6 Å². The summed E-state index contributed by atoms with van der Waals surface area (Å²) in [6, 6.07) is 2.77. The van der Waals surface area contributed by atoms with E-state index < -0.39 is 0 Å². The van der Waals surface area contributed by atoms with Crippen LogP contribution in [-0.2, 0) is 0 Å². The fourth-order valence-corrected chi connectivity index (χ4v) is 3.61. The van der Waals surface area contributed by atoms with Crippen molar-refractivity contribution in [2.75, 3.05) is 20.1 Å². The standard InChI is InChI=1S/C13H22N2S/c1-10-5-7-16-13(10)12(14-2)8-11-4-3-6-15-9-11/h5,7,11-12,14-15H,3-4,6,8-9H2,1-2H3. The largest absolute Gasteiger partial charge is 0.316 e. The molecule has 2 nitrogen and oxygen atoms in total. The first-order valence-electron chi connectivity index (χ1n) is 6.23. The van der Waals surface area contributed by atoms with E-state index in [4.69, 9.17) is 0 Å². The van der Waals surface area contributed by atoms with E-state index >= 15 is 0 Å². The summed E-state index contributed by atoms with van der Waals surface area (Å²) in [5, 5.41) is 9.18. The number of thiophene rings is 1. The number of hydrogen-bond donors (Lipinski definition) is 2. The lowest BCUT2D eigenvalue weighted by Crippen LogP contribution is -2.32. The first-order valence-corrected chi connectivity index (χ1v) is 7.11. The van der Waals surface area contributed by atoms with Crippen LogP contribution in [0.1, 0.15) is 35.7 Å². The molecule has 1 aliphatic heterocycles. The van der Waals surface area contributed by atoms with E-state index in [0.29, 0.717) is 6.04 Å². The zero-order valence-electron chi connectivity index (χ0n) is 10.3. The Labute approximate surface area is 102 Å². The zero-order valence-corrected chi connectivity index (χ0v) is 11.1. The molecular weight excluding hydrogens is 216 g/mol. The minimum absolute atomic E-state index is 0.546. The van der Waals surface area contributed by atoms with Crippen molar-refractivity contribution in [3.63, 3.8) is 0 Å². The van der Waals surface area contributed by atoms with Gasteiger partial charge in [-0.3, -0.25) is 0 Å². The van der Waals surface area contributed by atoms with Crippen molar-refractivity contribution in [2.45, 2.75) is 32.2 Å². The molecule has 0 aliphatic carbocycles. The smallest absolute Gasteiger partial charge is 0.0418 e. The summed E-state index contributed by atoms with van der Waals surface area (Å²) in [6.45, 7) is 4.62. The number of hydrogen-bond acceptors (Lipinski definition) is 3. The van der Waals surface area contributed by atoms with Crippen LogP contribution in [0.15, 0.2) is 11.4 Å². The lowest BCUT2D eigenvalue weighted by atomic mass is 9.91. The molecule has 1 aromatic heterocycles. The van der Waals surface area contributed by atoms with Crippen molar-refractivity contribution in [3.8, 4) is 0 Å². The van der Waals surface area contributed by atoms with Gasteiger partial charge in [0.1, 0.15) is 0 Å². The van der Waals surface area contributed by atoms with Gasteiger partial charge in [0.15, 0.2) is 0 Å². The van der Waals surface area contributed by atoms with Gasteiger partial charge in [0, 0.05) is 10.9 Å². The van der Waals surface area contributed by atoms with Gasteiger partial charge in [0.2, 0.25) is 0 Å². The molecule has 2 N–H and O–H groups in total. The van der Waals surface area contributed by atoms with Crippen LogP contribution in [0.5, 0.6) is 0 Å². The van der Waals surface area contributed by atoms with Crippen LogP contribution in [-0.4, -0.2) is 20.1 Å². The van der Waals surface area contributed by atoms with Gasteiger partial charge in [-0.1, -0.05) is 0 Å². The first-order chi connectivity index (χ1) is 7.81. The van der Waals surface area contributed by atoms with Gasteiger partial charge in [-0.2, -0.15) is 0 Å². The minimum atomic E-state index is 0.546. The highest BCUT2D eigenvalue weighted by Gasteiger charge is 2.20. The quantitative estimate of drug-likeness (QED) is 0.843. The number of rotatable bonds is 4. The van der Waals surface area contributed by atoms with Crippen molar-refractivity contribution in [1.82, 2.24) is 10.6 Å². The molecule has 1 saturated heterocycles. The molecule has 0 spiro atoms. The van der Waals surface area contributed by atoms with Crippen LogP contribution in [0.4, 0.5) is 0 Å². The lowest BCUT2D eigenvalue weighted by Gasteiger charge is -2.27. The Balaban J connectivity index is 1.97. The van der Waals surface area contributed by atoms with Crippen LogP contribution >= 0.6 is 11.3 Å².